The number of pyridine rings is 1. The molecule has 0 unspecified atom stereocenters. The monoisotopic (exact) mass is 449 g/mol. The van der Waals surface area contributed by atoms with Crippen molar-refractivity contribution < 1.29 is 22.3 Å². The van der Waals surface area contributed by atoms with Crippen LogP contribution in [0.1, 0.15) is 12.8 Å². The minimum atomic E-state index is -2.93. The van der Waals surface area contributed by atoms with E-state index >= 15 is 0 Å². The summed E-state index contributed by atoms with van der Waals surface area (Å²) in [5, 5.41) is 2.68. The van der Waals surface area contributed by atoms with Gasteiger partial charge in [0, 0.05) is 24.8 Å². The van der Waals surface area contributed by atoms with Crippen molar-refractivity contribution in [3.8, 4) is 16.9 Å². The summed E-state index contributed by atoms with van der Waals surface area (Å²) in [7, 11) is 0. The molecule has 1 aliphatic heterocycles. The number of aromatic amines is 1. The minimum absolute atomic E-state index is 0.00102. The van der Waals surface area contributed by atoms with Crippen LogP contribution in [0.5, 0.6) is 5.75 Å². The second-order valence-electron chi connectivity index (χ2n) is 7.19. The molecule has 0 amide bonds. The Hall–Kier alpha value is -3.63. The lowest BCUT2D eigenvalue weighted by Gasteiger charge is -2.28. The summed E-state index contributed by atoms with van der Waals surface area (Å²) >= 11 is 0. The maximum Gasteiger partial charge on any atom is 0.387 e. The molecule has 11 heteroatoms. The SMILES string of the molecule is O=c1[nH]cc(-c2ccc(OC(F)F)cc2)cc1Nc1nc(N2CCC(F)CC2)ncc1F. The van der Waals surface area contributed by atoms with Gasteiger partial charge in [-0.3, -0.25) is 4.79 Å². The summed E-state index contributed by atoms with van der Waals surface area (Å²) in [6.45, 7) is -2.11. The molecule has 1 aromatic carbocycles. The van der Waals surface area contributed by atoms with E-state index in [1.807, 2.05) is 0 Å². The van der Waals surface area contributed by atoms with Crippen LogP contribution in [0.2, 0.25) is 0 Å². The second kappa shape index (κ2) is 9.25. The second-order valence-corrected chi connectivity index (χ2v) is 7.19. The van der Waals surface area contributed by atoms with Crippen molar-refractivity contribution >= 4 is 17.5 Å². The van der Waals surface area contributed by atoms with Gasteiger partial charge in [0.2, 0.25) is 5.95 Å². The summed E-state index contributed by atoms with van der Waals surface area (Å²) in [6.07, 6.45) is 2.24. The number of H-pyrrole nitrogens is 1. The average molecular weight is 449 g/mol. The standard InChI is InChI=1S/C21H19F4N5O2/c22-14-5-7-30(8-6-14)21-27-11-16(23)18(29-21)28-17-9-13(10-26-19(17)31)12-1-3-15(4-2-12)32-20(24)25/h1-4,9-11,14,20H,5-8H2,(H,26,31)(H,27,28,29). The lowest BCUT2D eigenvalue weighted by Crippen LogP contribution is -2.35. The van der Waals surface area contributed by atoms with Crippen LogP contribution in [0.4, 0.5) is 35.0 Å². The van der Waals surface area contributed by atoms with Crippen molar-refractivity contribution in [1.29, 1.82) is 0 Å². The minimum Gasteiger partial charge on any atom is -0.435 e. The summed E-state index contributed by atoms with van der Waals surface area (Å²) in [5.74, 6) is -0.713. The number of alkyl halides is 3. The molecule has 2 aromatic heterocycles. The molecule has 0 spiro atoms. The Bertz CT molecular complexity index is 1130. The first-order valence-electron chi connectivity index (χ1n) is 9.85. The number of nitrogens with one attached hydrogen (secondary N) is 2. The van der Waals surface area contributed by atoms with E-state index in [0.717, 1.165) is 6.20 Å². The summed E-state index contributed by atoms with van der Waals surface area (Å²) in [6, 6.07) is 7.32. The molecule has 168 valence electrons. The van der Waals surface area contributed by atoms with Crippen molar-refractivity contribution in [2.75, 3.05) is 23.3 Å². The summed E-state index contributed by atoms with van der Waals surface area (Å²) in [5.41, 5.74) is 0.685. The smallest absolute Gasteiger partial charge is 0.387 e. The highest BCUT2D eigenvalue weighted by atomic mass is 19.3. The summed E-state index contributed by atoms with van der Waals surface area (Å²) in [4.78, 5) is 24.7. The fourth-order valence-corrected chi connectivity index (χ4v) is 3.35. The van der Waals surface area contributed by atoms with Crippen LogP contribution in [0, 0.1) is 5.82 Å². The first-order chi connectivity index (χ1) is 15.4. The Morgan fingerprint density at radius 2 is 1.88 bits per heavy atom. The van der Waals surface area contributed by atoms with Gasteiger partial charge in [-0.2, -0.15) is 13.8 Å². The molecule has 1 fully saturated rings. The topological polar surface area (TPSA) is 83.1 Å². The molecule has 0 atom stereocenters. The normalized spacial score (nSPS) is 14.6. The Morgan fingerprint density at radius 1 is 1.16 bits per heavy atom. The van der Waals surface area contributed by atoms with Crippen LogP contribution in [0.25, 0.3) is 11.1 Å². The lowest BCUT2D eigenvalue weighted by atomic mass is 10.1. The first-order valence-corrected chi connectivity index (χ1v) is 9.85. The molecule has 32 heavy (non-hydrogen) atoms. The predicted octanol–water partition coefficient (Wildman–Crippen LogP) is 4.25. The van der Waals surface area contributed by atoms with Gasteiger partial charge in [0.1, 0.15) is 17.6 Å². The number of benzene rings is 1. The number of ether oxygens (including phenoxy) is 1. The van der Waals surface area contributed by atoms with Gasteiger partial charge < -0.3 is 19.9 Å². The molecular formula is C21H19F4N5O2. The average Bonchev–Trinajstić information content (AvgIpc) is 2.77. The van der Waals surface area contributed by atoms with Crippen molar-refractivity contribution in [2.24, 2.45) is 0 Å². The zero-order valence-electron chi connectivity index (χ0n) is 16.7. The largest absolute Gasteiger partial charge is 0.435 e. The van der Waals surface area contributed by atoms with E-state index in [4.69, 9.17) is 0 Å². The van der Waals surface area contributed by atoms with Crippen molar-refractivity contribution in [3.63, 3.8) is 0 Å². The third kappa shape index (κ3) is 4.98. The Kier molecular flexibility index (Phi) is 6.24. The highest BCUT2D eigenvalue weighted by molar-refractivity contribution is 5.69. The highest BCUT2D eigenvalue weighted by Crippen LogP contribution is 2.26. The van der Waals surface area contributed by atoms with Crippen LogP contribution < -0.4 is 20.5 Å². The van der Waals surface area contributed by atoms with Crippen molar-refractivity contribution in [1.82, 2.24) is 15.0 Å². The number of aromatic nitrogens is 3. The van der Waals surface area contributed by atoms with Crippen LogP contribution >= 0.6 is 0 Å². The van der Waals surface area contributed by atoms with E-state index in [-0.39, 0.29) is 23.2 Å². The Morgan fingerprint density at radius 3 is 2.56 bits per heavy atom. The number of piperidine rings is 1. The van der Waals surface area contributed by atoms with Gasteiger partial charge in [-0.05, 0) is 36.6 Å². The molecule has 1 saturated heterocycles. The maximum atomic E-state index is 14.3. The van der Waals surface area contributed by atoms with Crippen molar-refractivity contribution in [2.45, 2.75) is 25.6 Å². The van der Waals surface area contributed by atoms with Gasteiger partial charge >= 0.3 is 6.61 Å². The number of hydrogen-bond donors (Lipinski definition) is 2. The van der Waals surface area contributed by atoms with Crippen LogP contribution in [0.15, 0.2) is 47.5 Å². The molecule has 0 saturated carbocycles. The molecular weight excluding hydrogens is 430 g/mol. The molecule has 3 heterocycles. The lowest BCUT2D eigenvalue weighted by molar-refractivity contribution is -0.0498. The van der Waals surface area contributed by atoms with Crippen LogP contribution in [0.3, 0.4) is 0 Å². The molecule has 1 aliphatic rings. The third-order valence-corrected chi connectivity index (χ3v) is 5.01. The van der Waals surface area contributed by atoms with Gasteiger partial charge in [-0.15, -0.1) is 0 Å². The van der Waals surface area contributed by atoms with E-state index < -0.39 is 24.2 Å². The summed E-state index contributed by atoms with van der Waals surface area (Å²) < 4.78 is 56.7. The van der Waals surface area contributed by atoms with E-state index in [9.17, 15) is 22.4 Å². The zero-order chi connectivity index (χ0) is 22.7. The molecule has 2 N–H and O–H groups in total. The van der Waals surface area contributed by atoms with E-state index in [1.54, 1.807) is 17.0 Å². The maximum absolute atomic E-state index is 14.3. The number of nitrogens with zero attached hydrogens (tertiary/aromatic N) is 3. The number of halogens is 4. The highest BCUT2D eigenvalue weighted by Gasteiger charge is 2.21. The fourth-order valence-electron chi connectivity index (χ4n) is 3.35. The van der Waals surface area contributed by atoms with Gasteiger partial charge in [0.15, 0.2) is 11.6 Å². The fraction of sp³-hybridized carbons (Fsp3) is 0.286. The van der Waals surface area contributed by atoms with Gasteiger partial charge in [-0.1, -0.05) is 12.1 Å². The van der Waals surface area contributed by atoms with E-state index in [1.165, 1.54) is 24.4 Å². The molecule has 0 radical (unpaired) electrons. The van der Waals surface area contributed by atoms with Crippen LogP contribution in [-0.4, -0.2) is 40.8 Å². The van der Waals surface area contributed by atoms with Crippen LogP contribution in [-0.2, 0) is 0 Å². The zero-order valence-corrected chi connectivity index (χ0v) is 16.7. The molecule has 3 aromatic rings. The third-order valence-electron chi connectivity index (χ3n) is 5.01. The number of rotatable bonds is 6. The molecule has 0 bridgehead atoms. The predicted molar refractivity (Wildman–Crippen MR) is 111 cm³/mol. The van der Waals surface area contributed by atoms with Gasteiger partial charge in [0.05, 0.1) is 6.20 Å². The van der Waals surface area contributed by atoms with E-state index in [2.05, 4.69) is 25.0 Å². The van der Waals surface area contributed by atoms with Crippen molar-refractivity contribution in [3.05, 3.63) is 58.9 Å². The first kappa shape index (κ1) is 21.6. The number of hydrogen-bond acceptors (Lipinski definition) is 6. The van der Waals surface area contributed by atoms with E-state index in [0.29, 0.717) is 37.1 Å². The Balaban J connectivity index is 1.57. The molecule has 0 aliphatic carbocycles. The Labute approximate surface area is 180 Å². The quantitative estimate of drug-likeness (QED) is 0.548. The molecule has 4 rings (SSSR count). The van der Waals surface area contributed by atoms with Gasteiger partial charge in [-0.25, -0.2) is 13.8 Å². The molecule has 7 nitrogen and oxygen atoms in total. The number of anilines is 3. The van der Waals surface area contributed by atoms with Gasteiger partial charge in [0.25, 0.3) is 5.56 Å².